The van der Waals surface area contributed by atoms with Crippen LogP contribution in [-0.4, -0.2) is 6.16 Å². The van der Waals surface area contributed by atoms with Crippen LogP contribution >= 0.6 is 20.8 Å². The van der Waals surface area contributed by atoms with Crippen molar-refractivity contribution in [1.82, 2.24) is 0 Å². The predicted octanol–water partition coefficient (Wildman–Crippen LogP) is 6.41. The van der Waals surface area contributed by atoms with Gasteiger partial charge in [-0.15, -0.1) is 0 Å². The first-order chi connectivity index (χ1) is 13.2. The Morgan fingerprint density at radius 1 is 0.593 bits per heavy atom. The third kappa shape index (κ3) is 3.41. The molecule has 1 fully saturated rings. The van der Waals surface area contributed by atoms with Gasteiger partial charge in [-0.3, -0.25) is 0 Å². The van der Waals surface area contributed by atoms with E-state index >= 15 is 0 Å². The van der Waals surface area contributed by atoms with E-state index in [9.17, 15) is 0 Å². The average molecular weight is 439 g/mol. The summed E-state index contributed by atoms with van der Waals surface area (Å²) < 4.78 is 0. The maximum atomic E-state index is 4.58. The second-order valence-electron chi connectivity index (χ2n) is 7.88. The normalized spacial score (nSPS) is 17.1. The van der Waals surface area contributed by atoms with E-state index in [4.69, 9.17) is 0 Å². The zero-order chi connectivity index (χ0) is 18.6. The molecule has 3 aromatic rings. The fraction of sp³-hybridized carbons (Fsp3) is 0.280. The molecular weight excluding hydrogens is 411 g/mol. The Balaban J connectivity index is 1.99. The Morgan fingerprint density at radius 2 is 0.963 bits per heavy atom. The summed E-state index contributed by atoms with van der Waals surface area (Å²) in [4.78, 5) is 0. The van der Waals surface area contributed by atoms with Gasteiger partial charge in [0.1, 0.15) is 0 Å². The second kappa shape index (κ2) is 7.90. The molecule has 3 aromatic carbocycles. The number of halogens is 1. The van der Waals surface area contributed by atoms with E-state index in [-0.39, 0.29) is 0 Å². The molecule has 4 rings (SSSR count). The van der Waals surface area contributed by atoms with Crippen LogP contribution in [0.5, 0.6) is 0 Å². The van der Waals surface area contributed by atoms with Crippen molar-refractivity contribution >= 4 is 36.7 Å². The van der Waals surface area contributed by atoms with E-state index in [2.05, 4.69) is 106 Å². The average Bonchev–Trinajstić information content (AvgIpc) is 2.76. The molecule has 27 heavy (non-hydrogen) atoms. The fourth-order valence-electron chi connectivity index (χ4n) is 4.83. The molecule has 0 aliphatic heterocycles. The topological polar surface area (TPSA) is 0 Å². The first-order valence-electron chi connectivity index (χ1n) is 10.1. The molecular formula is C25H28BrP. The standard InChI is InChI=1S/C25H28BrP/c26-27(23-15-7-2-8-16-23,24-17-9-3-10-18-24,25-19-11-4-12-20-25)21-22-13-5-1-6-14-22/h2-4,7-12,15-20,22H,1,5-6,13-14,21H2. The molecule has 0 aromatic heterocycles. The molecule has 0 radical (unpaired) electrons. The zero-order valence-electron chi connectivity index (χ0n) is 15.8. The Morgan fingerprint density at radius 3 is 1.33 bits per heavy atom. The van der Waals surface area contributed by atoms with E-state index < -0.39 is 5.31 Å². The van der Waals surface area contributed by atoms with Gasteiger partial charge in [-0.1, -0.05) is 0 Å². The van der Waals surface area contributed by atoms with Gasteiger partial charge in [-0.2, -0.15) is 0 Å². The SMILES string of the molecule is BrP(CC1CCCCC1)(c1ccccc1)(c1ccccc1)c1ccccc1. The minimum absolute atomic E-state index is 0.774. The van der Waals surface area contributed by atoms with Crippen molar-refractivity contribution in [2.75, 3.05) is 6.16 Å². The van der Waals surface area contributed by atoms with Crippen LogP contribution < -0.4 is 15.9 Å². The Hall–Kier alpha value is -1.43. The molecule has 0 unspecified atom stereocenters. The van der Waals surface area contributed by atoms with E-state index in [1.165, 1.54) is 54.2 Å². The van der Waals surface area contributed by atoms with E-state index in [1.807, 2.05) is 0 Å². The van der Waals surface area contributed by atoms with Crippen LogP contribution in [0.25, 0.3) is 0 Å². The van der Waals surface area contributed by atoms with E-state index in [0.717, 1.165) is 5.92 Å². The summed E-state index contributed by atoms with van der Waals surface area (Å²) in [5.41, 5.74) is 0. The molecule has 140 valence electrons. The Kier molecular flexibility index (Phi) is 5.53. The van der Waals surface area contributed by atoms with Crippen molar-refractivity contribution in [2.24, 2.45) is 5.92 Å². The monoisotopic (exact) mass is 438 g/mol. The summed E-state index contributed by atoms with van der Waals surface area (Å²) >= 11 is 4.58. The van der Waals surface area contributed by atoms with Crippen LogP contribution in [0.1, 0.15) is 32.1 Å². The van der Waals surface area contributed by atoms with Gasteiger partial charge in [0.05, 0.1) is 0 Å². The molecule has 0 amide bonds. The Labute approximate surface area is 171 Å². The first-order valence-corrected chi connectivity index (χ1v) is 14.6. The van der Waals surface area contributed by atoms with Crippen molar-refractivity contribution in [1.29, 1.82) is 0 Å². The molecule has 0 spiro atoms. The molecule has 0 saturated heterocycles. The number of hydrogen-bond acceptors (Lipinski definition) is 0. The summed E-state index contributed by atoms with van der Waals surface area (Å²) in [6, 6.07) is 33.7. The van der Waals surface area contributed by atoms with Gasteiger partial charge in [0.2, 0.25) is 0 Å². The summed E-state index contributed by atoms with van der Waals surface area (Å²) in [6.45, 7) is 0. The van der Waals surface area contributed by atoms with Crippen molar-refractivity contribution < 1.29 is 0 Å². The van der Waals surface area contributed by atoms with Crippen LogP contribution in [0.2, 0.25) is 0 Å². The summed E-state index contributed by atoms with van der Waals surface area (Å²) in [5, 5.41) is 1.64. The van der Waals surface area contributed by atoms with Gasteiger partial charge >= 0.3 is 172 Å². The maximum absolute atomic E-state index is 4.58. The van der Waals surface area contributed by atoms with Crippen molar-refractivity contribution in [2.45, 2.75) is 32.1 Å². The van der Waals surface area contributed by atoms with Crippen molar-refractivity contribution in [3.8, 4) is 0 Å². The molecule has 0 N–H and O–H groups in total. The van der Waals surface area contributed by atoms with E-state index in [1.54, 1.807) is 0 Å². The molecule has 2 heteroatoms. The van der Waals surface area contributed by atoms with Crippen LogP contribution in [0.15, 0.2) is 91.0 Å². The van der Waals surface area contributed by atoms with Gasteiger partial charge in [0, 0.05) is 0 Å². The van der Waals surface area contributed by atoms with Gasteiger partial charge in [-0.05, 0) is 0 Å². The first kappa shape index (κ1) is 18.9. The molecule has 0 nitrogen and oxygen atoms in total. The summed E-state index contributed by atoms with van der Waals surface area (Å²) in [6.07, 6.45) is 8.08. The molecule has 0 heterocycles. The minimum atomic E-state index is -2.71. The third-order valence-corrected chi connectivity index (χ3v) is 16.1. The van der Waals surface area contributed by atoms with Crippen LogP contribution in [-0.2, 0) is 0 Å². The zero-order valence-corrected chi connectivity index (χ0v) is 18.3. The predicted molar refractivity (Wildman–Crippen MR) is 126 cm³/mol. The number of benzene rings is 3. The Bertz CT molecular complexity index is 755. The van der Waals surface area contributed by atoms with Crippen LogP contribution in [0, 0.1) is 5.92 Å². The van der Waals surface area contributed by atoms with Gasteiger partial charge in [0.25, 0.3) is 0 Å². The molecule has 0 atom stereocenters. The van der Waals surface area contributed by atoms with Gasteiger partial charge < -0.3 is 0 Å². The fourth-order valence-corrected chi connectivity index (χ4v) is 13.4. The third-order valence-electron chi connectivity index (χ3n) is 6.21. The molecule has 0 bridgehead atoms. The van der Waals surface area contributed by atoms with Gasteiger partial charge in [0.15, 0.2) is 0 Å². The van der Waals surface area contributed by atoms with Crippen LogP contribution in [0.4, 0.5) is 0 Å². The number of hydrogen-bond donors (Lipinski definition) is 0. The van der Waals surface area contributed by atoms with Gasteiger partial charge in [-0.25, -0.2) is 0 Å². The van der Waals surface area contributed by atoms with E-state index in [0.29, 0.717) is 0 Å². The van der Waals surface area contributed by atoms with Crippen molar-refractivity contribution in [3.05, 3.63) is 91.0 Å². The number of rotatable bonds is 5. The van der Waals surface area contributed by atoms with Crippen molar-refractivity contribution in [3.63, 3.8) is 0 Å². The quantitative estimate of drug-likeness (QED) is 0.403. The molecule has 1 aliphatic carbocycles. The van der Waals surface area contributed by atoms with Crippen LogP contribution in [0.3, 0.4) is 0 Å². The second-order valence-corrected chi connectivity index (χ2v) is 16.9. The summed E-state index contributed by atoms with van der Waals surface area (Å²) in [7, 11) is 0. The molecule has 1 saturated carbocycles. The summed E-state index contributed by atoms with van der Waals surface area (Å²) in [5.74, 6) is 0.774. The molecule has 1 aliphatic rings.